The number of benzene rings is 4. The van der Waals surface area contributed by atoms with Crippen LogP contribution in [0.25, 0.3) is 10.8 Å². The topological polar surface area (TPSA) is 86.8 Å². The fourth-order valence-electron chi connectivity index (χ4n) is 4.38. The van der Waals surface area contributed by atoms with Crippen molar-refractivity contribution in [3.63, 3.8) is 0 Å². The van der Waals surface area contributed by atoms with Crippen molar-refractivity contribution < 1.29 is 18.0 Å². The van der Waals surface area contributed by atoms with Crippen molar-refractivity contribution >= 4 is 48.5 Å². The Bertz CT molecular complexity index is 1560. The van der Waals surface area contributed by atoms with Crippen LogP contribution in [0.3, 0.4) is 0 Å². The van der Waals surface area contributed by atoms with E-state index in [1.807, 2.05) is 78.9 Å². The van der Waals surface area contributed by atoms with Crippen LogP contribution in [0.1, 0.15) is 11.1 Å². The fraction of sp³-hybridized carbons (Fsp3) is 0.200. The molecular weight excluding hydrogens is 578 g/mol. The van der Waals surface area contributed by atoms with E-state index in [-0.39, 0.29) is 23.8 Å². The molecule has 0 saturated carbocycles. The highest BCUT2D eigenvalue weighted by molar-refractivity contribution is 9.10. The summed E-state index contributed by atoms with van der Waals surface area (Å²) in [6.07, 6.45) is 0.282. The van der Waals surface area contributed by atoms with Gasteiger partial charge in [0.2, 0.25) is 21.8 Å². The highest BCUT2D eigenvalue weighted by Crippen LogP contribution is 2.22. The number of fused-ring (bicyclic) bond motifs is 1. The summed E-state index contributed by atoms with van der Waals surface area (Å²) < 4.78 is 28.8. The largest absolute Gasteiger partial charge is 0.357 e. The maximum Gasteiger partial charge on any atom is 0.243 e. The van der Waals surface area contributed by atoms with Crippen molar-refractivity contribution in [2.75, 3.05) is 20.6 Å². The number of hydrogen-bond acceptors (Lipinski definition) is 4. The van der Waals surface area contributed by atoms with Crippen molar-refractivity contribution in [2.45, 2.75) is 23.9 Å². The van der Waals surface area contributed by atoms with Gasteiger partial charge in [0.05, 0.1) is 11.4 Å². The van der Waals surface area contributed by atoms with E-state index in [9.17, 15) is 18.0 Å². The number of amides is 2. The summed E-state index contributed by atoms with van der Waals surface area (Å²) in [4.78, 5) is 28.4. The molecule has 0 heterocycles. The predicted molar refractivity (Wildman–Crippen MR) is 156 cm³/mol. The summed E-state index contributed by atoms with van der Waals surface area (Å²) in [7, 11) is -1.06. The summed E-state index contributed by atoms with van der Waals surface area (Å²) in [5.41, 5.74) is 1.70. The van der Waals surface area contributed by atoms with E-state index in [0.717, 1.165) is 30.7 Å². The number of halogens is 1. The van der Waals surface area contributed by atoms with Crippen LogP contribution in [-0.4, -0.2) is 56.1 Å². The first-order valence-corrected chi connectivity index (χ1v) is 14.7. The van der Waals surface area contributed by atoms with E-state index in [1.165, 1.54) is 19.0 Å². The Kier molecular flexibility index (Phi) is 9.16. The Morgan fingerprint density at radius 1 is 0.846 bits per heavy atom. The lowest BCUT2D eigenvalue weighted by Gasteiger charge is -2.32. The molecule has 0 radical (unpaired) electrons. The number of sulfonamides is 1. The maximum atomic E-state index is 13.8. The zero-order chi connectivity index (χ0) is 28.0. The van der Waals surface area contributed by atoms with Gasteiger partial charge < -0.3 is 10.2 Å². The number of nitrogens with zero attached hydrogens (tertiary/aromatic N) is 2. The van der Waals surface area contributed by atoms with Crippen molar-refractivity contribution in [1.29, 1.82) is 0 Å². The Morgan fingerprint density at radius 2 is 1.49 bits per heavy atom. The number of hydrogen-bond donors (Lipinski definition) is 1. The normalized spacial score (nSPS) is 12.3. The van der Waals surface area contributed by atoms with Gasteiger partial charge in [0.1, 0.15) is 6.04 Å². The van der Waals surface area contributed by atoms with Crippen LogP contribution in [-0.2, 0) is 32.6 Å². The van der Waals surface area contributed by atoms with E-state index >= 15 is 0 Å². The number of rotatable bonds is 10. The third-order valence-corrected chi connectivity index (χ3v) is 8.90. The zero-order valence-corrected chi connectivity index (χ0v) is 24.2. The van der Waals surface area contributed by atoms with Crippen LogP contribution in [0.2, 0.25) is 0 Å². The minimum atomic E-state index is -3.97. The molecule has 2 amide bonds. The van der Waals surface area contributed by atoms with Crippen LogP contribution in [0.5, 0.6) is 0 Å². The average molecular weight is 609 g/mol. The molecule has 0 saturated heterocycles. The molecule has 7 nitrogen and oxygen atoms in total. The second-order valence-corrected chi connectivity index (χ2v) is 12.2. The van der Waals surface area contributed by atoms with Crippen LogP contribution < -0.4 is 5.32 Å². The highest BCUT2D eigenvalue weighted by Gasteiger charge is 2.32. The molecule has 4 aromatic rings. The minimum absolute atomic E-state index is 0.100. The first-order valence-electron chi connectivity index (χ1n) is 12.4. The Labute approximate surface area is 237 Å². The summed E-state index contributed by atoms with van der Waals surface area (Å²) in [5, 5.41) is 4.38. The van der Waals surface area contributed by atoms with E-state index in [0.29, 0.717) is 0 Å². The summed E-state index contributed by atoms with van der Waals surface area (Å²) >= 11 is 3.42. The molecule has 0 unspecified atom stereocenters. The van der Waals surface area contributed by atoms with E-state index in [2.05, 4.69) is 21.2 Å². The Balaban J connectivity index is 1.64. The minimum Gasteiger partial charge on any atom is -0.357 e. The lowest BCUT2D eigenvalue weighted by atomic mass is 10.0. The van der Waals surface area contributed by atoms with E-state index in [1.54, 1.807) is 18.2 Å². The van der Waals surface area contributed by atoms with Crippen molar-refractivity contribution in [3.05, 3.63) is 113 Å². The molecule has 0 aliphatic carbocycles. The lowest BCUT2D eigenvalue weighted by Crippen LogP contribution is -2.52. The average Bonchev–Trinajstić information content (AvgIpc) is 2.95. The molecule has 1 N–H and O–H groups in total. The number of carbonyl (C=O) groups is 2. The van der Waals surface area contributed by atoms with Crippen LogP contribution in [0.4, 0.5) is 0 Å². The highest BCUT2D eigenvalue weighted by atomic mass is 79.9. The molecular formula is C30H30BrN3O4S. The van der Waals surface area contributed by atoms with Crippen LogP contribution >= 0.6 is 15.9 Å². The quantitative estimate of drug-likeness (QED) is 0.285. The fourth-order valence-corrected chi connectivity index (χ4v) is 5.80. The van der Waals surface area contributed by atoms with Gasteiger partial charge in [-0.2, -0.15) is 4.31 Å². The predicted octanol–water partition coefficient (Wildman–Crippen LogP) is 4.61. The number of carbonyl (C=O) groups excluding carboxylic acids is 2. The van der Waals surface area contributed by atoms with Crippen LogP contribution in [0, 0.1) is 0 Å². The summed E-state index contributed by atoms with van der Waals surface area (Å²) in [6.45, 7) is -0.283. The van der Waals surface area contributed by atoms with Crippen molar-refractivity contribution in [2.24, 2.45) is 0 Å². The molecule has 4 aromatic carbocycles. The molecule has 39 heavy (non-hydrogen) atoms. The Morgan fingerprint density at radius 3 is 2.15 bits per heavy atom. The van der Waals surface area contributed by atoms with Crippen molar-refractivity contribution in [3.8, 4) is 0 Å². The SMILES string of the molecule is CNC(=O)[C@@H](Cc1ccccc1)N(Cc1ccc(Br)cc1)C(=O)CN(C)S(=O)(=O)c1ccc2ccccc2c1. The number of likely N-dealkylation sites (N-methyl/N-ethyl adjacent to an activating group) is 2. The summed E-state index contributed by atoms with van der Waals surface area (Å²) in [5.74, 6) is -0.807. The molecule has 0 fully saturated rings. The summed E-state index contributed by atoms with van der Waals surface area (Å²) in [6, 6.07) is 28.4. The molecule has 202 valence electrons. The number of nitrogens with one attached hydrogen (secondary N) is 1. The third kappa shape index (κ3) is 6.92. The van der Waals surface area contributed by atoms with Gasteiger partial charge in [-0.3, -0.25) is 9.59 Å². The second-order valence-electron chi connectivity index (χ2n) is 9.24. The van der Waals surface area contributed by atoms with Gasteiger partial charge in [0.15, 0.2) is 0 Å². The molecule has 0 aliphatic rings. The van der Waals surface area contributed by atoms with Gasteiger partial charge >= 0.3 is 0 Å². The Hall–Kier alpha value is -3.53. The third-order valence-electron chi connectivity index (χ3n) is 6.57. The molecule has 0 bridgehead atoms. The van der Waals surface area contributed by atoms with Gasteiger partial charge in [-0.15, -0.1) is 0 Å². The molecule has 0 aromatic heterocycles. The second kappa shape index (κ2) is 12.5. The zero-order valence-electron chi connectivity index (χ0n) is 21.7. The molecule has 4 rings (SSSR count). The van der Waals surface area contributed by atoms with Gasteiger partial charge in [0.25, 0.3) is 0 Å². The lowest BCUT2D eigenvalue weighted by molar-refractivity contribution is -0.141. The van der Waals surface area contributed by atoms with Gasteiger partial charge in [-0.05, 0) is 46.2 Å². The van der Waals surface area contributed by atoms with Gasteiger partial charge in [-0.1, -0.05) is 88.7 Å². The first-order chi connectivity index (χ1) is 18.7. The van der Waals surface area contributed by atoms with E-state index < -0.39 is 28.5 Å². The molecule has 0 aliphatic heterocycles. The van der Waals surface area contributed by atoms with Crippen molar-refractivity contribution in [1.82, 2.24) is 14.5 Å². The first kappa shape index (κ1) is 28.5. The van der Waals surface area contributed by atoms with Crippen LogP contribution in [0.15, 0.2) is 106 Å². The van der Waals surface area contributed by atoms with Gasteiger partial charge in [-0.25, -0.2) is 8.42 Å². The monoisotopic (exact) mass is 607 g/mol. The molecule has 1 atom stereocenters. The smallest absolute Gasteiger partial charge is 0.243 e. The molecule has 9 heteroatoms. The standard InChI is InChI=1S/C30H30BrN3O4S/c1-32-30(36)28(18-22-8-4-3-5-9-22)34(20-23-12-15-26(31)16-13-23)29(35)21-33(2)39(37,38)27-17-14-24-10-6-7-11-25(24)19-27/h3-17,19,28H,18,20-21H2,1-2H3,(H,32,36)/t28-/m1/s1. The molecule has 0 spiro atoms. The maximum absolute atomic E-state index is 13.8. The van der Waals surface area contributed by atoms with E-state index in [4.69, 9.17) is 0 Å². The van der Waals surface area contributed by atoms with Gasteiger partial charge in [0, 0.05) is 31.5 Å².